The highest BCUT2D eigenvalue weighted by Gasteiger charge is 2.16. The number of nitrogens with one attached hydrogen (secondary N) is 1. The van der Waals surface area contributed by atoms with Gasteiger partial charge in [-0.1, -0.05) is 54.6 Å². The van der Waals surface area contributed by atoms with Gasteiger partial charge in [-0.15, -0.1) is 0 Å². The van der Waals surface area contributed by atoms with E-state index in [0.717, 1.165) is 22.0 Å². The summed E-state index contributed by atoms with van der Waals surface area (Å²) in [5.41, 5.74) is 3.23. The number of fused-ring (bicyclic) bond motifs is 1. The van der Waals surface area contributed by atoms with Gasteiger partial charge in [-0.25, -0.2) is 4.79 Å². The average molecular weight is 453 g/mol. The number of esters is 1. The van der Waals surface area contributed by atoms with E-state index in [1.165, 1.54) is 13.0 Å². The quantitative estimate of drug-likeness (QED) is 0.286. The number of pyridine rings is 1. The Morgan fingerprint density at radius 1 is 0.941 bits per heavy atom. The minimum absolute atomic E-state index is 0.425. The topological polar surface area (TPSA) is 77.5 Å². The second kappa shape index (κ2) is 10.9. The first-order valence-corrected chi connectivity index (χ1v) is 10.9. The van der Waals surface area contributed by atoms with E-state index in [1.54, 1.807) is 36.5 Å². The zero-order valence-electron chi connectivity index (χ0n) is 18.7. The molecular weight excluding hydrogens is 428 g/mol. The molecule has 1 amide bonds. The maximum absolute atomic E-state index is 12.4. The SMILES string of the molecule is C[C@@H](OC(=O)/C=C/c1cccc2cccnc12)C(=O)Nc1ccc(OCc2ccccc2)cc1. The first kappa shape index (κ1) is 22.7. The Morgan fingerprint density at radius 3 is 2.50 bits per heavy atom. The molecule has 4 aromatic rings. The first-order chi connectivity index (χ1) is 16.6. The standard InChI is InChI=1S/C28H24N2O4/c1-20(34-26(31)17-12-23-10-5-9-22-11-6-18-29-27(22)23)28(32)30-24-13-15-25(16-14-24)33-19-21-7-3-2-4-8-21/h2-18,20H,19H2,1H3,(H,30,32)/b17-12+/t20-/m1/s1. The van der Waals surface area contributed by atoms with Gasteiger partial charge in [0.05, 0.1) is 5.52 Å². The summed E-state index contributed by atoms with van der Waals surface area (Å²) in [6.07, 6.45) is 3.67. The third-order valence-electron chi connectivity index (χ3n) is 5.10. The van der Waals surface area contributed by atoms with Crippen molar-refractivity contribution in [3.05, 3.63) is 108 Å². The van der Waals surface area contributed by atoms with E-state index in [2.05, 4.69) is 10.3 Å². The number of hydrogen-bond acceptors (Lipinski definition) is 5. The van der Waals surface area contributed by atoms with E-state index in [-0.39, 0.29) is 0 Å². The van der Waals surface area contributed by atoms with Crippen molar-refractivity contribution < 1.29 is 19.1 Å². The van der Waals surface area contributed by atoms with Crippen LogP contribution in [0.3, 0.4) is 0 Å². The maximum atomic E-state index is 12.4. The third-order valence-corrected chi connectivity index (χ3v) is 5.10. The minimum atomic E-state index is -0.961. The molecule has 0 unspecified atom stereocenters. The summed E-state index contributed by atoms with van der Waals surface area (Å²) in [6, 6.07) is 26.4. The Hall–Kier alpha value is -4.45. The monoisotopic (exact) mass is 452 g/mol. The fraction of sp³-hybridized carbons (Fsp3) is 0.107. The van der Waals surface area contributed by atoms with Crippen molar-refractivity contribution >= 4 is 34.5 Å². The van der Waals surface area contributed by atoms with Crippen molar-refractivity contribution in [2.24, 2.45) is 0 Å². The van der Waals surface area contributed by atoms with E-state index in [0.29, 0.717) is 18.0 Å². The van der Waals surface area contributed by atoms with Crippen LogP contribution in [0, 0.1) is 0 Å². The van der Waals surface area contributed by atoms with Crippen molar-refractivity contribution in [2.75, 3.05) is 5.32 Å². The van der Waals surface area contributed by atoms with Gasteiger partial charge in [0.15, 0.2) is 6.10 Å². The Labute approximate surface area is 197 Å². The molecule has 1 heterocycles. The largest absolute Gasteiger partial charge is 0.489 e. The number of para-hydroxylation sites is 1. The van der Waals surface area contributed by atoms with Crippen LogP contribution < -0.4 is 10.1 Å². The molecule has 0 saturated carbocycles. The molecule has 34 heavy (non-hydrogen) atoms. The summed E-state index contributed by atoms with van der Waals surface area (Å²) >= 11 is 0. The van der Waals surface area contributed by atoms with Crippen LogP contribution in [0.4, 0.5) is 5.69 Å². The molecule has 6 nitrogen and oxygen atoms in total. The minimum Gasteiger partial charge on any atom is -0.489 e. The molecule has 0 fully saturated rings. The number of nitrogens with zero attached hydrogens (tertiary/aromatic N) is 1. The first-order valence-electron chi connectivity index (χ1n) is 10.9. The van der Waals surface area contributed by atoms with Crippen LogP contribution >= 0.6 is 0 Å². The summed E-state index contributed by atoms with van der Waals surface area (Å²) in [4.78, 5) is 29.0. The van der Waals surface area contributed by atoms with Crippen LogP contribution in [0.5, 0.6) is 5.75 Å². The van der Waals surface area contributed by atoms with Gasteiger partial charge in [0.1, 0.15) is 12.4 Å². The second-order valence-corrected chi connectivity index (χ2v) is 7.62. The Bertz CT molecular complexity index is 1300. The van der Waals surface area contributed by atoms with Crippen LogP contribution in [-0.2, 0) is 20.9 Å². The highest BCUT2D eigenvalue weighted by Crippen LogP contribution is 2.19. The average Bonchev–Trinajstić information content (AvgIpc) is 2.87. The predicted molar refractivity (Wildman–Crippen MR) is 132 cm³/mol. The molecule has 4 rings (SSSR count). The molecule has 170 valence electrons. The summed E-state index contributed by atoms with van der Waals surface area (Å²) in [6.45, 7) is 1.99. The molecular formula is C28H24N2O4. The zero-order chi connectivity index (χ0) is 23.8. The summed E-state index contributed by atoms with van der Waals surface area (Å²) in [5.74, 6) is -0.346. The van der Waals surface area contributed by atoms with Gasteiger partial charge < -0.3 is 14.8 Å². The smallest absolute Gasteiger partial charge is 0.331 e. The van der Waals surface area contributed by atoms with Gasteiger partial charge in [0.2, 0.25) is 0 Å². The molecule has 0 spiro atoms. The Kier molecular flexibility index (Phi) is 7.30. The lowest BCUT2D eigenvalue weighted by molar-refractivity contribution is -0.148. The van der Waals surface area contributed by atoms with Gasteiger partial charge in [0, 0.05) is 28.9 Å². The van der Waals surface area contributed by atoms with Crippen LogP contribution in [0.15, 0.2) is 97.2 Å². The van der Waals surface area contributed by atoms with Crippen molar-refractivity contribution in [1.29, 1.82) is 0 Å². The van der Waals surface area contributed by atoms with Gasteiger partial charge in [-0.05, 0) is 48.9 Å². The molecule has 0 aliphatic rings. The number of benzene rings is 3. The second-order valence-electron chi connectivity index (χ2n) is 7.62. The summed E-state index contributed by atoms with van der Waals surface area (Å²) in [5, 5.41) is 3.71. The summed E-state index contributed by atoms with van der Waals surface area (Å²) in [7, 11) is 0. The van der Waals surface area contributed by atoms with Crippen molar-refractivity contribution in [2.45, 2.75) is 19.6 Å². The molecule has 3 aromatic carbocycles. The number of amides is 1. The molecule has 1 aromatic heterocycles. The van der Waals surface area contributed by atoms with Crippen LogP contribution in [-0.4, -0.2) is 23.0 Å². The van der Waals surface area contributed by atoms with Gasteiger partial charge in [-0.3, -0.25) is 9.78 Å². The van der Waals surface area contributed by atoms with Crippen molar-refractivity contribution in [3.63, 3.8) is 0 Å². The van der Waals surface area contributed by atoms with Crippen molar-refractivity contribution in [3.8, 4) is 5.75 Å². The van der Waals surface area contributed by atoms with E-state index in [4.69, 9.17) is 9.47 Å². The fourth-order valence-electron chi connectivity index (χ4n) is 3.31. The number of rotatable bonds is 8. The number of aromatic nitrogens is 1. The van der Waals surface area contributed by atoms with E-state index in [1.807, 2.05) is 60.7 Å². The Balaban J connectivity index is 1.28. The molecule has 0 bridgehead atoms. The highest BCUT2D eigenvalue weighted by atomic mass is 16.5. The predicted octanol–water partition coefficient (Wildman–Crippen LogP) is 5.40. The molecule has 0 radical (unpaired) electrons. The lowest BCUT2D eigenvalue weighted by atomic mass is 10.1. The highest BCUT2D eigenvalue weighted by molar-refractivity contribution is 5.97. The molecule has 0 aliphatic heterocycles. The lowest BCUT2D eigenvalue weighted by Gasteiger charge is -2.13. The van der Waals surface area contributed by atoms with Gasteiger partial charge in [-0.2, -0.15) is 0 Å². The molecule has 6 heteroatoms. The Morgan fingerprint density at radius 2 is 1.71 bits per heavy atom. The molecule has 1 atom stereocenters. The fourth-order valence-corrected chi connectivity index (χ4v) is 3.31. The normalized spacial score (nSPS) is 11.8. The van der Waals surface area contributed by atoms with Crippen LogP contribution in [0.2, 0.25) is 0 Å². The van der Waals surface area contributed by atoms with Gasteiger partial charge >= 0.3 is 5.97 Å². The number of hydrogen-bond donors (Lipinski definition) is 1. The summed E-state index contributed by atoms with van der Waals surface area (Å²) < 4.78 is 11.0. The number of carbonyl (C=O) groups is 2. The van der Waals surface area contributed by atoms with E-state index >= 15 is 0 Å². The van der Waals surface area contributed by atoms with E-state index < -0.39 is 18.0 Å². The maximum Gasteiger partial charge on any atom is 0.331 e. The van der Waals surface area contributed by atoms with Crippen LogP contribution in [0.1, 0.15) is 18.1 Å². The molecule has 0 aliphatic carbocycles. The lowest BCUT2D eigenvalue weighted by Crippen LogP contribution is -2.29. The van der Waals surface area contributed by atoms with E-state index in [9.17, 15) is 9.59 Å². The number of ether oxygens (including phenoxy) is 2. The number of carbonyl (C=O) groups excluding carboxylic acids is 2. The van der Waals surface area contributed by atoms with Crippen molar-refractivity contribution in [1.82, 2.24) is 4.98 Å². The van der Waals surface area contributed by atoms with Crippen LogP contribution in [0.25, 0.3) is 17.0 Å². The zero-order valence-corrected chi connectivity index (χ0v) is 18.7. The van der Waals surface area contributed by atoms with Gasteiger partial charge in [0.25, 0.3) is 5.91 Å². The third kappa shape index (κ3) is 6.07. The number of anilines is 1. The molecule has 0 saturated heterocycles. The molecule has 1 N–H and O–H groups in total.